The molecule has 0 spiro atoms. The van der Waals surface area contributed by atoms with Crippen molar-refractivity contribution in [3.8, 4) is 0 Å². The molecule has 0 aliphatic heterocycles. The Morgan fingerprint density at radius 1 is 1.56 bits per heavy atom. The van der Waals surface area contributed by atoms with E-state index in [-0.39, 0.29) is 18.4 Å². The molecule has 1 aromatic rings. The molecule has 0 aliphatic rings. The van der Waals surface area contributed by atoms with E-state index >= 15 is 0 Å². The van der Waals surface area contributed by atoms with E-state index in [0.717, 1.165) is 10.8 Å². The molecule has 0 aliphatic carbocycles. The first kappa shape index (κ1) is 12.9. The van der Waals surface area contributed by atoms with Gasteiger partial charge >= 0.3 is 0 Å². The number of rotatable bonds is 5. The van der Waals surface area contributed by atoms with Gasteiger partial charge in [-0.05, 0) is 18.1 Å². The van der Waals surface area contributed by atoms with E-state index in [4.69, 9.17) is 5.11 Å². The second-order valence-electron chi connectivity index (χ2n) is 3.43. The van der Waals surface area contributed by atoms with Crippen LogP contribution in [0, 0.1) is 5.92 Å². The topological polar surface area (TPSA) is 75.1 Å². The van der Waals surface area contributed by atoms with Crippen LogP contribution < -0.4 is 5.32 Å². The predicted molar refractivity (Wildman–Crippen MR) is 62.4 cm³/mol. The fourth-order valence-corrected chi connectivity index (χ4v) is 1.75. The number of amides is 1. The number of thioether (sulfide) groups is 1. The SMILES string of the molecule is CNC(=O)c1ccc(SCC(C)CO)nn1. The van der Waals surface area contributed by atoms with E-state index in [9.17, 15) is 4.79 Å². The minimum atomic E-state index is -0.243. The maximum atomic E-state index is 11.2. The largest absolute Gasteiger partial charge is 0.396 e. The van der Waals surface area contributed by atoms with Gasteiger partial charge in [-0.3, -0.25) is 4.79 Å². The van der Waals surface area contributed by atoms with E-state index in [0.29, 0.717) is 5.69 Å². The van der Waals surface area contributed by atoms with Gasteiger partial charge in [0, 0.05) is 19.4 Å². The second-order valence-corrected chi connectivity index (χ2v) is 4.47. The highest BCUT2D eigenvalue weighted by atomic mass is 32.2. The Morgan fingerprint density at radius 3 is 2.81 bits per heavy atom. The lowest BCUT2D eigenvalue weighted by Gasteiger charge is -2.05. The van der Waals surface area contributed by atoms with Crippen molar-refractivity contribution in [3.05, 3.63) is 17.8 Å². The number of aromatic nitrogens is 2. The Hall–Kier alpha value is -1.14. The summed E-state index contributed by atoms with van der Waals surface area (Å²) in [5.74, 6) is 0.767. The van der Waals surface area contributed by atoms with Crippen LogP contribution in [-0.4, -0.2) is 40.6 Å². The van der Waals surface area contributed by atoms with Gasteiger partial charge in [0.05, 0.1) is 0 Å². The molecule has 1 amide bonds. The zero-order valence-corrected chi connectivity index (χ0v) is 10.1. The maximum absolute atomic E-state index is 11.2. The summed E-state index contributed by atoms with van der Waals surface area (Å²) in [5, 5.41) is 19.8. The summed E-state index contributed by atoms with van der Waals surface area (Å²) in [6.07, 6.45) is 0. The predicted octanol–water partition coefficient (Wildman–Crippen LogP) is 0.557. The van der Waals surface area contributed by atoms with Gasteiger partial charge in [0.1, 0.15) is 5.03 Å². The molecule has 0 bridgehead atoms. The lowest BCUT2D eigenvalue weighted by Crippen LogP contribution is -2.19. The van der Waals surface area contributed by atoms with Gasteiger partial charge in [-0.1, -0.05) is 6.92 Å². The Labute approximate surface area is 98.7 Å². The molecule has 0 saturated heterocycles. The van der Waals surface area contributed by atoms with Crippen LogP contribution in [0.5, 0.6) is 0 Å². The van der Waals surface area contributed by atoms with Gasteiger partial charge in [-0.2, -0.15) is 0 Å². The summed E-state index contributed by atoms with van der Waals surface area (Å²) in [6.45, 7) is 2.12. The highest BCUT2D eigenvalue weighted by Crippen LogP contribution is 2.17. The summed E-state index contributed by atoms with van der Waals surface area (Å²) in [6, 6.07) is 3.39. The third-order valence-electron chi connectivity index (χ3n) is 1.93. The molecule has 0 aromatic carbocycles. The number of nitrogens with zero attached hydrogens (tertiary/aromatic N) is 2. The average Bonchev–Trinajstić information content (AvgIpc) is 2.35. The normalized spacial score (nSPS) is 12.2. The quantitative estimate of drug-likeness (QED) is 0.737. The number of nitrogens with one attached hydrogen (secondary N) is 1. The van der Waals surface area contributed by atoms with E-state index in [2.05, 4.69) is 15.5 Å². The van der Waals surface area contributed by atoms with Gasteiger partial charge < -0.3 is 10.4 Å². The van der Waals surface area contributed by atoms with Crippen molar-refractivity contribution in [2.75, 3.05) is 19.4 Å². The summed E-state index contributed by atoms with van der Waals surface area (Å²) < 4.78 is 0. The molecule has 6 heteroatoms. The van der Waals surface area contributed by atoms with Crippen LogP contribution in [0.25, 0.3) is 0 Å². The average molecular weight is 241 g/mol. The molecule has 5 nitrogen and oxygen atoms in total. The summed E-state index contributed by atoms with van der Waals surface area (Å²) in [4.78, 5) is 11.2. The number of hydrogen-bond acceptors (Lipinski definition) is 5. The fourth-order valence-electron chi connectivity index (χ4n) is 0.927. The maximum Gasteiger partial charge on any atom is 0.271 e. The van der Waals surface area contributed by atoms with Crippen molar-refractivity contribution in [2.45, 2.75) is 11.9 Å². The molecule has 0 fully saturated rings. The van der Waals surface area contributed by atoms with Crippen LogP contribution in [0.1, 0.15) is 17.4 Å². The smallest absolute Gasteiger partial charge is 0.271 e. The second kappa shape index (κ2) is 6.44. The van der Waals surface area contributed by atoms with Crippen LogP contribution in [0.4, 0.5) is 0 Å². The highest BCUT2D eigenvalue weighted by molar-refractivity contribution is 7.99. The Morgan fingerprint density at radius 2 is 2.31 bits per heavy atom. The molecule has 1 heterocycles. The van der Waals surface area contributed by atoms with Crippen molar-refractivity contribution < 1.29 is 9.90 Å². The molecule has 16 heavy (non-hydrogen) atoms. The first-order valence-electron chi connectivity index (χ1n) is 4.96. The number of aliphatic hydroxyl groups excluding tert-OH is 1. The lowest BCUT2D eigenvalue weighted by molar-refractivity contribution is 0.0957. The third-order valence-corrected chi connectivity index (χ3v) is 3.18. The highest BCUT2D eigenvalue weighted by Gasteiger charge is 2.07. The van der Waals surface area contributed by atoms with Gasteiger partial charge in [-0.15, -0.1) is 22.0 Å². The monoisotopic (exact) mass is 241 g/mol. The van der Waals surface area contributed by atoms with E-state index in [1.807, 2.05) is 6.92 Å². The van der Waals surface area contributed by atoms with Crippen molar-refractivity contribution in [3.63, 3.8) is 0 Å². The first-order valence-corrected chi connectivity index (χ1v) is 5.95. The summed E-state index contributed by atoms with van der Waals surface area (Å²) in [7, 11) is 1.55. The zero-order valence-electron chi connectivity index (χ0n) is 9.30. The Kier molecular flexibility index (Phi) is 5.21. The number of aliphatic hydroxyl groups is 1. The van der Waals surface area contributed by atoms with E-state index in [1.165, 1.54) is 11.8 Å². The standard InChI is InChI=1S/C10H15N3O2S/c1-7(5-14)6-16-9-4-3-8(12-13-9)10(15)11-2/h3-4,7,14H,5-6H2,1-2H3,(H,11,15). The van der Waals surface area contributed by atoms with Gasteiger partial charge in [0.25, 0.3) is 5.91 Å². The molecule has 1 unspecified atom stereocenters. The van der Waals surface area contributed by atoms with Crippen molar-refractivity contribution in [1.29, 1.82) is 0 Å². The molecule has 0 radical (unpaired) electrons. The van der Waals surface area contributed by atoms with Crippen molar-refractivity contribution >= 4 is 17.7 Å². The van der Waals surface area contributed by atoms with Gasteiger partial charge in [0.15, 0.2) is 5.69 Å². The molecule has 88 valence electrons. The third kappa shape index (κ3) is 3.79. The minimum Gasteiger partial charge on any atom is -0.396 e. The minimum absolute atomic E-state index is 0.163. The molecule has 1 atom stereocenters. The first-order chi connectivity index (χ1) is 7.67. The van der Waals surface area contributed by atoms with Crippen LogP contribution in [0.2, 0.25) is 0 Å². The summed E-state index contributed by atoms with van der Waals surface area (Å²) >= 11 is 1.52. The Bertz CT molecular complexity index is 342. The van der Waals surface area contributed by atoms with Crippen molar-refractivity contribution in [2.24, 2.45) is 5.92 Å². The number of carbonyl (C=O) groups is 1. The van der Waals surface area contributed by atoms with Gasteiger partial charge in [0.2, 0.25) is 0 Å². The summed E-state index contributed by atoms with van der Waals surface area (Å²) in [5.41, 5.74) is 0.307. The fraction of sp³-hybridized carbons (Fsp3) is 0.500. The molecular weight excluding hydrogens is 226 g/mol. The van der Waals surface area contributed by atoms with Crippen molar-refractivity contribution in [1.82, 2.24) is 15.5 Å². The molecule has 0 saturated carbocycles. The molecule has 1 rings (SSSR count). The molecular formula is C10H15N3O2S. The Balaban J connectivity index is 2.54. The lowest BCUT2D eigenvalue weighted by atomic mass is 10.2. The van der Waals surface area contributed by atoms with Crippen LogP contribution in [-0.2, 0) is 0 Å². The van der Waals surface area contributed by atoms with Crippen LogP contribution in [0.15, 0.2) is 17.2 Å². The number of hydrogen-bond donors (Lipinski definition) is 2. The molecule has 2 N–H and O–H groups in total. The van der Waals surface area contributed by atoms with Crippen LogP contribution in [0.3, 0.4) is 0 Å². The number of carbonyl (C=O) groups excluding carboxylic acids is 1. The van der Waals surface area contributed by atoms with E-state index in [1.54, 1.807) is 19.2 Å². The van der Waals surface area contributed by atoms with E-state index < -0.39 is 0 Å². The zero-order chi connectivity index (χ0) is 12.0. The van der Waals surface area contributed by atoms with Gasteiger partial charge in [-0.25, -0.2) is 0 Å². The van der Waals surface area contributed by atoms with Crippen LogP contribution >= 0.6 is 11.8 Å². The molecule has 1 aromatic heterocycles.